The van der Waals surface area contributed by atoms with Gasteiger partial charge < -0.3 is 0 Å². The summed E-state index contributed by atoms with van der Waals surface area (Å²) in [5.74, 6) is 0. The maximum absolute atomic E-state index is 6.07. The highest BCUT2D eigenvalue weighted by Crippen LogP contribution is 2.36. The molecule has 0 amide bonds. The van der Waals surface area contributed by atoms with Crippen LogP contribution in [0, 0.1) is 0 Å². The molecule has 0 saturated heterocycles. The lowest BCUT2D eigenvalue weighted by molar-refractivity contribution is 1.33. The summed E-state index contributed by atoms with van der Waals surface area (Å²) in [6.45, 7) is 0. The zero-order chi connectivity index (χ0) is 11.7. The summed E-state index contributed by atoms with van der Waals surface area (Å²) in [5.41, 5.74) is 1.26. The first-order valence-electron chi connectivity index (χ1n) is 4.35. The lowest BCUT2D eigenvalue weighted by atomic mass is 10.1. The minimum atomic E-state index is 0.405. The third-order valence-corrected chi connectivity index (χ3v) is 3.36. The lowest BCUT2D eigenvalue weighted by Crippen LogP contribution is -1.86. The van der Waals surface area contributed by atoms with Gasteiger partial charge in [-0.25, -0.2) is 0 Å². The van der Waals surface area contributed by atoms with Gasteiger partial charge in [0.1, 0.15) is 0 Å². The van der Waals surface area contributed by atoms with Gasteiger partial charge in [-0.05, 0) is 24.3 Å². The Kier molecular flexibility index (Phi) is 3.60. The number of rotatable bonds is 1. The van der Waals surface area contributed by atoms with Crippen LogP contribution in [0.1, 0.15) is 0 Å². The predicted octanol–water partition coefficient (Wildman–Crippen LogP) is 5.36. The Morgan fingerprint density at radius 1 is 0.812 bits per heavy atom. The molecule has 0 unspecified atom stereocenters. The van der Waals surface area contributed by atoms with Crippen LogP contribution in [0.15, 0.2) is 30.5 Å². The highest BCUT2D eigenvalue weighted by atomic mass is 35.5. The van der Waals surface area contributed by atoms with Gasteiger partial charge in [0.15, 0.2) is 0 Å². The minimum absolute atomic E-state index is 0.405. The Labute approximate surface area is 113 Å². The molecule has 0 radical (unpaired) electrons. The fraction of sp³-hybridized carbons (Fsp3) is 0. The van der Waals surface area contributed by atoms with Gasteiger partial charge in [-0.15, -0.1) is 0 Å². The molecular formula is C11H5Cl4N. The molecule has 0 N–H and O–H groups in total. The van der Waals surface area contributed by atoms with Gasteiger partial charge in [-0.3, -0.25) is 4.98 Å². The van der Waals surface area contributed by atoms with Crippen LogP contribution in [0.2, 0.25) is 20.1 Å². The average Bonchev–Trinajstić information content (AvgIpc) is 2.25. The van der Waals surface area contributed by atoms with E-state index in [9.17, 15) is 0 Å². The number of halogens is 4. The van der Waals surface area contributed by atoms with Gasteiger partial charge in [0, 0.05) is 11.8 Å². The fourth-order valence-corrected chi connectivity index (χ4v) is 2.15. The quantitative estimate of drug-likeness (QED) is 0.645. The van der Waals surface area contributed by atoms with Crippen molar-refractivity contribution in [3.63, 3.8) is 0 Å². The van der Waals surface area contributed by atoms with E-state index in [1.54, 1.807) is 30.5 Å². The standard InChI is InChI=1S/C11H5Cl4N/c12-7-2-1-3-16-11(7)6-4-9(14)10(15)5-8(6)13/h1-5H. The normalized spacial score (nSPS) is 10.5. The molecule has 0 spiro atoms. The van der Waals surface area contributed by atoms with Crippen LogP contribution in [0.5, 0.6) is 0 Å². The molecule has 2 aromatic rings. The van der Waals surface area contributed by atoms with Crippen LogP contribution in [-0.4, -0.2) is 4.98 Å². The summed E-state index contributed by atoms with van der Waals surface area (Å²) < 4.78 is 0. The molecule has 1 aromatic heterocycles. The highest BCUT2D eigenvalue weighted by molar-refractivity contribution is 6.44. The molecule has 0 fully saturated rings. The second kappa shape index (κ2) is 4.80. The Hall–Kier alpha value is -0.470. The molecule has 2 rings (SSSR count). The number of hydrogen-bond acceptors (Lipinski definition) is 1. The first kappa shape index (κ1) is 12.0. The van der Waals surface area contributed by atoms with Gasteiger partial charge in [0.2, 0.25) is 0 Å². The largest absolute Gasteiger partial charge is 0.255 e. The first-order valence-corrected chi connectivity index (χ1v) is 5.86. The van der Waals surface area contributed by atoms with Crippen molar-refractivity contribution in [1.82, 2.24) is 4.98 Å². The van der Waals surface area contributed by atoms with Crippen molar-refractivity contribution >= 4 is 46.4 Å². The second-order valence-electron chi connectivity index (χ2n) is 3.08. The van der Waals surface area contributed by atoms with Crippen molar-refractivity contribution in [2.45, 2.75) is 0 Å². The third kappa shape index (κ3) is 2.28. The summed E-state index contributed by atoms with van der Waals surface area (Å²) in [6, 6.07) is 6.71. The molecule has 0 aliphatic rings. The van der Waals surface area contributed by atoms with Crippen LogP contribution in [0.4, 0.5) is 0 Å². The van der Waals surface area contributed by atoms with Crippen LogP contribution < -0.4 is 0 Å². The van der Waals surface area contributed by atoms with E-state index in [2.05, 4.69) is 4.98 Å². The predicted molar refractivity (Wildman–Crippen MR) is 69.7 cm³/mol. The SMILES string of the molecule is Clc1cc(Cl)c(-c2ncccc2Cl)cc1Cl. The van der Waals surface area contributed by atoms with Crippen molar-refractivity contribution in [2.24, 2.45) is 0 Å². The summed E-state index contributed by atoms with van der Waals surface area (Å²) in [7, 11) is 0. The van der Waals surface area contributed by atoms with Crippen LogP contribution in [-0.2, 0) is 0 Å². The molecule has 1 nitrogen and oxygen atoms in total. The van der Waals surface area contributed by atoms with E-state index in [1.807, 2.05) is 0 Å². The molecule has 0 saturated carbocycles. The Bertz CT molecular complexity index is 540. The van der Waals surface area contributed by atoms with E-state index in [0.717, 1.165) is 0 Å². The van der Waals surface area contributed by atoms with Crippen molar-refractivity contribution in [1.29, 1.82) is 0 Å². The number of aromatic nitrogens is 1. The highest BCUT2D eigenvalue weighted by Gasteiger charge is 2.11. The Morgan fingerprint density at radius 3 is 2.19 bits per heavy atom. The molecule has 0 bridgehead atoms. The van der Waals surface area contributed by atoms with Gasteiger partial charge in [0.25, 0.3) is 0 Å². The van der Waals surface area contributed by atoms with E-state index in [4.69, 9.17) is 46.4 Å². The van der Waals surface area contributed by atoms with E-state index < -0.39 is 0 Å². The zero-order valence-electron chi connectivity index (χ0n) is 7.85. The average molecular weight is 293 g/mol. The lowest BCUT2D eigenvalue weighted by Gasteiger charge is -2.07. The van der Waals surface area contributed by atoms with E-state index >= 15 is 0 Å². The molecule has 1 heterocycles. The first-order chi connectivity index (χ1) is 7.59. The van der Waals surface area contributed by atoms with E-state index in [0.29, 0.717) is 31.3 Å². The summed E-state index contributed by atoms with van der Waals surface area (Å²) in [4.78, 5) is 4.16. The van der Waals surface area contributed by atoms with Gasteiger partial charge in [0.05, 0.1) is 25.8 Å². The second-order valence-corrected chi connectivity index (χ2v) is 4.71. The summed E-state index contributed by atoms with van der Waals surface area (Å²) in [6.07, 6.45) is 1.64. The Balaban J connectivity index is 2.65. The van der Waals surface area contributed by atoms with Gasteiger partial charge in [-0.1, -0.05) is 46.4 Å². The minimum Gasteiger partial charge on any atom is -0.255 e. The number of pyridine rings is 1. The van der Waals surface area contributed by atoms with Crippen molar-refractivity contribution in [3.05, 3.63) is 50.6 Å². The van der Waals surface area contributed by atoms with Gasteiger partial charge in [-0.2, -0.15) is 0 Å². The molecular weight excluding hydrogens is 288 g/mol. The number of benzene rings is 1. The fourth-order valence-electron chi connectivity index (χ4n) is 1.29. The van der Waals surface area contributed by atoms with Gasteiger partial charge >= 0.3 is 0 Å². The van der Waals surface area contributed by atoms with E-state index in [1.165, 1.54) is 0 Å². The Morgan fingerprint density at radius 2 is 1.50 bits per heavy atom. The monoisotopic (exact) mass is 291 g/mol. The van der Waals surface area contributed by atoms with Crippen LogP contribution >= 0.6 is 46.4 Å². The molecule has 1 aromatic carbocycles. The summed E-state index contributed by atoms with van der Waals surface area (Å²) in [5, 5.41) is 1.81. The maximum Gasteiger partial charge on any atom is 0.0903 e. The van der Waals surface area contributed by atoms with Crippen molar-refractivity contribution < 1.29 is 0 Å². The van der Waals surface area contributed by atoms with Crippen LogP contribution in [0.3, 0.4) is 0 Å². The zero-order valence-corrected chi connectivity index (χ0v) is 10.9. The smallest absolute Gasteiger partial charge is 0.0903 e. The molecule has 16 heavy (non-hydrogen) atoms. The number of nitrogens with zero attached hydrogens (tertiary/aromatic N) is 1. The third-order valence-electron chi connectivity index (χ3n) is 2.02. The topological polar surface area (TPSA) is 12.9 Å². The molecule has 0 aliphatic carbocycles. The van der Waals surface area contributed by atoms with E-state index in [-0.39, 0.29) is 0 Å². The molecule has 0 aliphatic heterocycles. The summed E-state index contributed by atoms with van der Waals surface area (Å²) >= 11 is 23.9. The van der Waals surface area contributed by atoms with Crippen LogP contribution in [0.25, 0.3) is 11.3 Å². The maximum atomic E-state index is 6.07. The van der Waals surface area contributed by atoms with Crippen molar-refractivity contribution in [3.8, 4) is 11.3 Å². The molecule has 82 valence electrons. The molecule has 5 heteroatoms. The van der Waals surface area contributed by atoms with Crippen molar-refractivity contribution in [2.75, 3.05) is 0 Å². The molecule has 0 atom stereocenters. The number of hydrogen-bond donors (Lipinski definition) is 0.